The summed E-state index contributed by atoms with van der Waals surface area (Å²) >= 11 is 0. The van der Waals surface area contributed by atoms with E-state index in [1.807, 2.05) is 43.3 Å². The van der Waals surface area contributed by atoms with E-state index < -0.39 is 6.29 Å². The molecule has 2 aromatic carbocycles. The average Bonchev–Trinajstić information content (AvgIpc) is 2.99. The molecular weight excluding hydrogens is 294 g/mol. The van der Waals surface area contributed by atoms with Crippen LogP contribution in [0.15, 0.2) is 48.5 Å². The Morgan fingerprint density at radius 2 is 1.74 bits per heavy atom. The van der Waals surface area contributed by atoms with Crippen LogP contribution in [0.25, 0.3) is 0 Å². The van der Waals surface area contributed by atoms with Crippen LogP contribution in [0.1, 0.15) is 12.5 Å². The number of methoxy groups -OCH3 is 1. The fourth-order valence-corrected chi connectivity index (χ4v) is 2.57. The molecule has 0 saturated carbocycles. The van der Waals surface area contributed by atoms with Crippen molar-refractivity contribution >= 4 is 5.91 Å². The molecule has 1 heterocycles. The van der Waals surface area contributed by atoms with Crippen LogP contribution in [-0.4, -0.2) is 25.3 Å². The van der Waals surface area contributed by atoms with Crippen LogP contribution >= 0.6 is 0 Å². The van der Waals surface area contributed by atoms with Gasteiger partial charge in [0.05, 0.1) is 7.11 Å². The third-order valence-electron chi connectivity index (χ3n) is 3.64. The third kappa shape index (κ3) is 3.39. The Bertz CT molecular complexity index is 676. The largest absolute Gasteiger partial charge is 0.496 e. The lowest BCUT2D eigenvalue weighted by Gasteiger charge is -2.17. The second kappa shape index (κ2) is 6.60. The number of carbonyl (C=O) groups is 1. The van der Waals surface area contributed by atoms with Crippen molar-refractivity contribution in [2.45, 2.75) is 25.7 Å². The van der Waals surface area contributed by atoms with E-state index in [2.05, 4.69) is 5.32 Å². The molecule has 1 aliphatic rings. The summed E-state index contributed by atoms with van der Waals surface area (Å²) in [5.74, 6) is 1.70. The van der Waals surface area contributed by atoms with Gasteiger partial charge < -0.3 is 19.5 Å². The van der Waals surface area contributed by atoms with E-state index in [-0.39, 0.29) is 11.9 Å². The van der Waals surface area contributed by atoms with E-state index in [0.717, 1.165) is 11.3 Å². The molecule has 2 aromatic rings. The van der Waals surface area contributed by atoms with Crippen LogP contribution in [-0.2, 0) is 11.2 Å². The summed E-state index contributed by atoms with van der Waals surface area (Å²) in [7, 11) is 1.64. The van der Waals surface area contributed by atoms with E-state index in [0.29, 0.717) is 17.9 Å². The predicted octanol–water partition coefficient (Wildman–Crippen LogP) is 2.54. The van der Waals surface area contributed by atoms with Gasteiger partial charge in [-0.1, -0.05) is 30.3 Å². The summed E-state index contributed by atoms with van der Waals surface area (Å²) in [6.45, 7) is 1.94. The molecule has 0 saturated heterocycles. The number of ether oxygens (including phenoxy) is 3. The van der Waals surface area contributed by atoms with E-state index in [4.69, 9.17) is 14.2 Å². The third-order valence-corrected chi connectivity index (χ3v) is 3.64. The van der Waals surface area contributed by atoms with Crippen molar-refractivity contribution in [3.63, 3.8) is 0 Å². The second-order valence-electron chi connectivity index (χ2n) is 5.44. The molecule has 0 fully saturated rings. The lowest BCUT2D eigenvalue weighted by molar-refractivity contribution is -0.137. The van der Waals surface area contributed by atoms with Gasteiger partial charge in [-0.2, -0.15) is 0 Å². The first-order chi connectivity index (χ1) is 11.2. The number of benzene rings is 2. The number of hydrogen-bond acceptors (Lipinski definition) is 4. The summed E-state index contributed by atoms with van der Waals surface area (Å²) in [6.07, 6.45) is -0.275. The zero-order chi connectivity index (χ0) is 16.2. The zero-order valence-electron chi connectivity index (χ0n) is 13.1. The Labute approximate surface area is 135 Å². The Balaban J connectivity index is 1.58. The van der Waals surface area contributed by atoms with Gasteiger partial charge in [0.1, 0.15) is 5.75 Å². The average molecular weight is 313 g/mol. The first-order valence-electron chi connectivity index (χ1n) is 7.52. The fourth-order valence-electron chi connectivity index (χ4n) is 2.57. The lowest BCUT2D eigenvalue weighted by atomic mass is 10.1. The van der Waals surface area contributed by atoms with Crippen LogP contribution in [0.2, 0.25) is 0 Å². The topological polar surface area (TPSA) is 56.8 Å². The van der Waals surface area contributed by atoms with Crippen molar-refractivity contribution < 1.29 is 19.0 Å². The molecule has 1 atom stereocenters. The van der Waals surface area contributed by atoms with Crippen molar-refractivity contribution in [1.29, 1.82) is 0 Å². The number of amides is 1. The molecule has 1 aliphatic heterocycles. The van der Waals surface area contributed by atoms with Crippen molar-refractivity contribution in [1.82, 2.24) is 5.32 Å². The van der Waals surface area contributed by atoms with Gasteiger partial charge >= 0.3 is 12.2 Å². The summed E-state index contributed by atoms with van der Waals surface area (Å²) in [5.41, 5.74) is 1.04. The maximum Gasteiger partial charge on any atom is 0.321 e. The zero-order valence-corrected chi connectivity index (χ0v) is 13.1. The Morgan fingerprint density at radius 1 is 1.13 bits per heavy atom. The van der Waals surface area contributed by atoms with E-state index in [1.54, 1.807) is 19.2 Å². The fraction of sp³-hybridized carbons (Fsp3) is 0.278. The van der Waals surface area contributed by atoms with Gasteiger partial charge in [-0.3, -0.25) is 4.79 Å². The second-order valence-corrected chi connectivity index (χ2v) is 5.44. The summed E-state index contributed by atoms with van der Waals surface area (Å²) in [5, 5.41) is 2.91. The highest BCUT2D eigenvalue weighted by molar-refractivity contribution is 5.81. The number of carbonyl (C=O) groups excluding carboxylic acids is 1. The molecule has 1 amide bonds. The minimum atomic E-state index is -0.937. The molecule has 0 bridgehead atoms. The van der Waals surface area contributed by atoms with Crippen LogP contribution in [0.4, 0.5) is 0 Å². The monoisotopic (exact) mass is 313 g/mol. The van der Waals surface area contributed by atoms with Gasteiger partial charge in [-0.15, -0.1) is 0 Å². The van der Waals surface area contributed by atoms with E-state index in [1.165, 1.54) is 0 Å². The summed E-state index contributed by atoms with van der Waals surface area (Å²) in [4.78, 5) is 12.3. The Kier molecular flexibility index (Phi) is 4.37. The Hall–Kier alpha value is -2.69. The standard InChI is InChI=1S/C18H19NO4/c1-12(11-13-7-3-4-8-14(13)21-2)19-17(20)18-22-15-9-5-6-10-16(15)23-18/h3-10,12,18H,11H2,1-2H3,(H,19,20)/t12-/m1/s1. The van der Waals surface area contributed by atoms with Crippen molar-refractivity contribution in [2.24, 2.45) is 0 Å². The van der Waals surface area contributed by atoms with Crippen molar-refractivity contribution in [3.8, 4) is 17.2 Å². The highest BCUT2D eigenvalue weighted by Crippen LogP contribution is 2.33. The van der Waals surface area contributed by atoms with Gasteiger partial charge in [-0.05, 0) is 37.1 Å². The number of para-hydroxylation sites is 3. The van der Waals surface area contributed by atoms with Gasteiger partial charge in [0.15, 0.2) is 11.5 Å². The molecular formula is C18H19NO4. The molecule has 0 spiro atoms. The summed E-state index contributed by atoms with van der Waals surface area (Å²) in [6, 6.07) is 14.9. The van der Waals surface area contributed by atoms with Crippen LogP contribution in [0.5, 0.6) is 17.2 Å². The van der Waals surface area contributed by atoms with Crippen LogP contribution in [0, 0.1) is 0 Å². The number of fused-ring (bicyclic) bond motifs is 1. The molecule has 3 rings (SSSR count). The lowest BCUT2D eigenvalue weighted by Crippen LogP contribution is -2.44. The normalized spacial score (nSPS) is 14.3. The van der Waals surface area contributed by atoms with Gasteiger partial charge in [0.2, 0.25) is 0 Å². The smallest absolute Gasteiger partial charge is 0.321 e. The molecule has 0 aromatic heterocycles. The minimum absolute atomic E-state index is 0.0743. The molecule has 0 aliphatic carbocycles. The maximum absolute atomic E-state index is 12.3. The summed E-state index contributed by atoms with van der Waals surface area (Å²) < 4.78 is 16.3. The maximum atomic E-state index is 12.3. The minimum Gasteiger partial charge on any atom is -0.496 e. The number of hydrogen-bond donors (Lipinski definition) is 1. The van der Waals surface area contributed by atoms with Gasteiger partial charge in [-0.25, -0.2) is 0 Å². The number of nitrogens with one attached hydrogen (secondary N) is 1. The molecule has 5 heteroatoms. The molecule has 23 heavy (non-hydrogen) atoms. The molecule has 5 nitrogen and oxygen atoms in total. The van der Waals surface area contributed by atoms with Gasteiger partial charge in [0.25, 0.3) is 0 Å². The first-order valence-corrected chi connectivity index (χ1v) is 7.52. The first kappa shape index (κ1) is 15.2. The molecule has 120 valence electrons. The highest BCUT2D eigenvalue weighted by Gasteiger charge is 2.31. The predicted molar refractivity (Wildman–Crippen MR) is 85.8 cm³/mol. The number of rotatable bonds is 5. The Morgan fingerprint density at radius 3 is 2.39 bits per heavy atom. The molecule has 1 N–H and O–H groups in total. The van der Waals surface area contributed by atoms with Crippen molar-refractivity contribution in [2.75, 3.05) is 7.11 Å². The SMILES string of the molecule is COc1ccccc1C[C@@H](C)NC(=O)C1Oc2ccccc2O1. The van der Waals surface area contributed by atoms with Crippen molar-refractivity contribution in [3.05, 3.63) is 54.1 Å². The molecule has 0 radical (unpaired) electrons. The molecule has 0 unspecified atom stereocenters. The van der Waals surface area contributed by atoms with Crippen LogP contribution < -0.4 is 19.5 Å². The van der Waals surface area contributed by atoms with E-state index in [9.17, 15) is 4.79 Å². The van der Waals surface area contributed by atoms with Gasteiger partial charge in [0, 0.05) is 6.04 Å². The highest BCUT2D eigenvalue weighted by atomic mass is 16.7. The van der Waals surface area contributed by atoms with E-state index >= 15 is 0 Å². The quantitative estimate of drug-likeness (QED) is 0.921. The van der Waals surface area contributed by atoms with Crippen LogP contribution in [0.3, 0.4) is 0 Å².